The monoisotopic (exact) mass is 290 g/mol. The fourth-order valence-electron chi connectivity index (χ4n) is 1.80. The van der Waals surface area contributed by atoms with Gasteiger partial charge in [-0.25, -0.2) is 9.86 Å². The van der Waals surface area contributed by atoms with Crippen LogP contribution in [0.2, 0.25) is 0 Å². The lowest BCUT2D eigenvalue weighted by molar-refractivity contribution is -0.0391. The van der Waals surface area contributed by atoms with Crippen LogP contribution in [-0.2, 0) is 24.4 Å². The molecule has 0 saturated heterocycles. The Morgan fingerprint density at radius 2 is 1.86 bits per heavy atom. The van der Waals surface area contributed by atoms with Gasteiger partial charge in [-0.05, 0) is 17.7 Å². The second-order valence-corrected chi connectivity index (χ2v) is 4.56. The summed E-state index contributed by atoms with van der Waals surface area (Å²) < 4.78 is 11.1. The molecule has 0 spiro atoms. The van der Waals surface area contributed by atoms with Gasteiger partial charge < -0.3 is 14.9 Å². The van der Waals surface area contributed by atoms with Crippen molar-refractivity contribution in [2.75, 3.05) is 6.54 Å². The van der Waals surface area contributed by atoms with Crippen LogP contribution < -0.4 is 5.73 Å². The average molecular weight is 290 g/mol. The number of nitrogens with two attached hydrogens (primary N) is 1. The number of primary amides is 1. The molecule has 112 valence electrons. The zero-order valence-electron chi connectivity index (χ0n) is 11.6. The van der Waals surface area contributed by atoms with Crippen LogP contribution in [0.25, 0.3) is 0 Å². The summed E-state index contributed by atoms with van der Waals surface area (Å²) >= 11 is 0. The number of ether oxygens (including phenoxy) is 1. The van der Waals surface area contributed by atoms with Gasteiger partial charge >= 0.3 is 6.03 Å². The molecular weight excluding hydrogens is 272 g/mol. The molecule has 6 nitrogen and oxygen atoms in total. The van der Waals surface area contributed by atoms with E-state index >= 15 is 0 Å². The fourth-order valence-corrected chi connectivity index (χ4v) is 1.80. The van der Waals surface area contributed by atoms with Gasteiger partial charge in [-0.1, -0.05) is 30.3 Å². The van der Waals surface area contributed by atoms with Gasteiger partial charge in [-0.15, -0.1) is 0 Å². The molecule has 21 heavy (non-hydrogen) atoms. The molecule has 6 heteroatoms. The maximum Gasteiger partial charge on any atom is 0.338 e. The highest BCUT2D eigenvalue weighted by molar-refractivity contribution is 5.70. The van der Waals surface area contributed by atoms with Crippen LogP contribution in [-0.4, -0.2) is 22.8 Å². The molecular formula is C15H18N2O4. The summed E-state index contributed by atoms with van der Waals surface area (Å²) in [6.45, 7) is 0.976. The molecule has 0 unspecified atom stereocenters. The molecule has 0 aliphatic rings. The van der Waals surface area contributed by atoms with Crippen LogP contribution in [0, 0.1) is 0 Å². The highest BCUT2D eigenvalue weighted by Gasteiger charge is 2.08. The number of rotatable bonds is 7. The Hall–Kier alpha value is -2.31. The second kappa shape index (κ2) is 7.47. The first-order valence-corrected chi connectivity index (χ1v) is 6.60. The van der Waals surface area contributed by atoms with Crippen molar-refractivity contribution in [3.8, 4) is 0 Å². The smallest absolute Gasteiger partial charge is 0.338 e. The second-order valence-electron chi connectivity index (χ2n) is 4.56. The third-order valence-corrected chi connectivity index (χ3v) is 2.90. The normalized spacial score (nSPS) is 10.5. The van der Waals surface area contributed by atoms with Crippen molar-refractivity contribution >= 4 is 6.03 Å². The lowest BCUT2D eigenvalue weighted by Gasteiger charge is -2.09. The largest absolute Gasteiger partial charge is 0.464 e. The zero-order valence-corrected chi connectivity index (χ0v) is 11.6. The number of hydrogen-bond donors (Lipinski definition) is 2. The minimum absolute atomic E-state index is 0.0904. The number of carbonyl (C=O) groups is 1. The van der Waals surface area contributed by atoms with E-state index in [0.29, 0.717) is 36.2 Å². The molecule has 2 aromatic rings. The quantitative estimate of drug-likeness (QED) is 0.605. The van der Waals surface area contributed by atoms with Gasteiger partial charge in [0.25, 0.3) is 0 Å². The summed E-state index contributed by atoms with van der Waals surface area (Å²) in [7, 11) is 0. The number of benzene rings is 1. The van der Waals surface area contributed by atoms with E-state index in [1.165, 1.54) is 0 Å². The van der Waals surface area contributed by atoms with Crippen LogP contribution in [0.1, 0.15) is 17.1 Å². The van der Waals surface area contributed by atoms with Crippen molar-refractivity contribution in [2.24, 2.45) is 5.73 Å². The standard InChI is InChI=1S/C15H18N2O4/c16-15(18)17(19)9-8-13-6-7-14(21-13)11-20-10-12-4-2-1-3-5-12/h1-7,19H,8-11H2,(H2,16,18). The molecule has 0 atom stereocenters. The molecule has 3 N–H and O–H groups in total. The Morgan fingerprint density at radius 1 is 1.14 bits per heavy atom. The topological polar surface area (TPSA) is 88.9 Å². The van der Waals surface area contributed by atoms with E-state index in [0.717, 1.165) is 5.56 Å². The number of furan rings is 1. The van der Waals surface area contributed by atoms with Gasteiger partial charge in [0, 0.05) is 6.42 Å². The van der Waals surface area contributed by atoms with Crippen LogP contribution in [0.4, 0.5) is 4.79 Å². The predicted molar refractivity (Wildman–Crippen MR) is 75.4 cm³/mol. The summed E-state index contributed by atoms with van der Waals surface area (Å²) in [6.07, 6.45) is 0.387. The Balaban J connectivity index is 1.74. The molecule has 0 fully saturated rings. The summed E-state index contributed by atoms with van der Waals surface area (Å²) in [4.78, 5) is 10.6. The van der Waals surface area contributed by atoms with E-state index in [-0.39, 0.29) is 6.54 Å². The average Bonchev–Trinajstić information content (AvgIpc) is 2.93. The Labute approximate surface area is 122 Å². The van der Waals surface area contributed by atoms with E-state index < -0.39 is 6.03 Å². The predicted octanol–water partition coefficient (Wildman–Crippen LogP) is 2.31. The third kappa shape index (κ3) is 4.94. The van der Waals surface area contributed by atoms with Crippen molar-refractivity contribution < 1.29 is 19.2 Å². The number of urea groups is 1. The number of nitrogens with zero attached hydrogens (tertiary/aromatic N) is 1. The number of hydrogen-bond acceptors (Lipinski definition) is 4. The van der Waals surface area contributed by atoms with Crippen LogP contribution in [0.5, 0.6) is 0 Å². The Kier molecular flexibility index (Phi) is 5.36. The van der Waals surface area contributed by atoms with Crippen molar-refractivity contribution in [2.45, 2.75) is 19.6 Å². The van der Waals surface area contributed by atoms with E-state index in [4.69, 9.17) is 20.1 Å². The van der Waals surface area contributed by atoms with Gasteiger partial charge in [-0.3, -0.25) is 5.21 Å². The minimum atomic E-state index is -0.882. The summed E-state index contributed by atoms with van der Waals surface area (Å²) in [5, 5.41) is 9.61. The molecule has 1 heterocycles. The zero-order chi connectivity index (χ0) is 15.1. The molecule has 2 rings (SSSR count). The molecule has 2 amide bonds. The fraction of sp³-hybridized carbons (Fsp3) is 0.267. The van der Waals surface area contributed by atoms with Gasteiger partial charge in [0.05, 0.1) is 13.2 Å². The highest BCUT2D eigenvalue weighted by atomic mass is 16.5. The van der Waals surface area contributed by atoms with E-state index in [1.54, 1.807) is 6.07 Å². The van der Waals surface area contributed by atoms with Crippen molar-refractivity contribution in [3.05, 3.63) is 59.5 Å². The minimum Gasteiger partial charge on any atom is -0.464 e. The van der Waals surface area contributed by atoms with Crippen molar-refractivity contribution in [1.82, 2.24) is 5.06 Å². The molecule has 1 aromatic carbocycles. The first-order chi connectivity index (χ1) is 10.1. The van der Waals surface area contributed by atoms with Gasteiger partial charge in [0.15, 0.2) is 0 Å². The lowest BCUT2D eigenvalue weighted by atomic mass is 10.2. The maximum absolute atomic E-state index is 10.6. The Morgan fingerprint density at radius 3 is 2.57 bits per heavy atom. The molecule has 0 radical (unpaired) electrons. The third-order valence-electron chi connectivity index (χ3n) is 2.90. The summed E-state index contributed by atoms with van der Waals surface area (Å²) in [5.41, 5.74) is 6.01. The first-order valence-electron chi connectivity index (χ1n) is 6.60. The highest BCUT2D eigenvalue weighted by Crippen LogP contribution is 2.11. The van der Waals surface area contributed by atoms with E-state index in [2.05, 4.69) is 0 Å². The number of hydroxylamine groups is 2. The molecule has 0 aliphatic heterocycles. The number of carbonyl (C=O) groups excluding carboxylic acids is 1. The first kappa shape index (κ1) is 15.1. The van der Waals surface area contributed by atoms with Gasteiger partial charge in [0.2, 0.25) is 0 Å². The van der Waals surface area contributed by atoms with Crippen LogP contribution in [0.3, 0.4) is 0 Å². The molecule has 0 saturated carbocycles. The van der Waals surface area contributed by atoms with Crippen molar-refractivity contribution in [1.29, 1.82) is 0 Å². The van der Waals surface area contributed by atoms with Gasteiger partial charge in [0.1, 0.15) is 18.1 Å². The SMILES string of the molecule is NC(=O)N(O)CCc1ccc(COCc2ccccc2)o1. The molecule has 0 bridgehead atoms. The summed E-state index contributed by atoms with van der Waals surface area (Å²) in [6, 6.07) is 12.6. The Bertz CT molecular complexity index is 568. The molecule has 1 aromatic heterocycles. The van der Waals surface area contributed by atoms with Crippen molar-refractivity contribution in [3.63, 3.8) is 0 Å². The summed E-state index contributed by atoms with van der Waals surface area (Å²) in [5.74, 6) is 1.36. The molecule has 0 aliphatic carbocycles. The maximum atomic E-state index is 10.6. The van der Waals surface area contributed by atoms with Crippen LogP contribution in [0.15, 0.2) is 46.9 Å². The lowest BCUT2D eigenvalue weighted by Crippen LogP contribution is -2.34. The van der Waals surface area contributed by atoms with Crippen LogP contribution >= 0.6 is 0 Å². The number of amides is 2. The van der Waals surface area contributed by atoms with E-state index in [1.807, 2.05) is 36.4 Å². The van der Waals surface area contributed by atoms with Gasteiger partial charge in [-0.2, -0.15) is 0 Å². The van der Waals surface area contributed by atoms with E-state index in [9.17, 15) is 4.79 Å².